The zero-order chi connectivity index (χ0) is 28.1. The molecule has 12 heteroatoms. The Morgan fingerprint density at radius 1 is 0.769 bits per heavy atom. The van der Waals surface area contributed by atoms with Gasteiger partial charge in [0, 0.05) is 18.1 Å². The first-order valence-corrected chi connectivity index (χ1v) is 11.2. The van der Waals surface area contributed by atoms with E-state index >= 15 is 0 Å². The Balaban J connectivity index is 0.000000270. The first-order valence-electron chi connectivity index (χ1n) is 11.2. The van der Waals surface area contributed by atoms with Crippen molar-refractivity contribution in [3.63, 3.8) is 0 Å². The molecule has 196 valence electrons. The number of fused-ring (bicyclic) bond motifs is 2. The molecule has 39 heavy (non-hydrogen) atoms. The second-order valence-electron chi connectivity index (χ2n) is 7.99. The summed E-state index contributed by atoms with van der Waals surface area (Å²) < 4.78 is 13.9. The standard InChI is InChI=1S/C18H8N2O8.C9H10O2/c21-13(7-1-3-9-11(5-7)17(25)27-15(9)23)19-20-14(22)8-2-4-10-12(6-8)18(26)28-16(10)24;1-8(10)11-7-9-5-3-2-4-6-9/h1-6,23,25H;2-6H,7H2,1H3. The molecule has 2 heterocycles. The number of esters is 3. The van der Waals surface area contributed by atoms with Crippen LogP contribution in [-0.4, -0.2) is 39.9 Å². The number of aromatic hydroxyl groups is 2. The molecule has 0 unspecified atom stereocenters. The Hall–Kier alpha value is -5.65. The topological polar surface area (TPSA) is 182 Å². The van der Waals surface area contributed by atoms with Crippen LogP contribution in [0.5, 0.6) is 11.9 Å². The van der Waals surface area contributed by atoms with Crippen LogP contribution in [0, 0.1) is 0 Å². The monoisotopic (exact) mass is 530 g/mol. The van der Waals surface area contributed by atoms with Crippen molar-refractivity contribution in [3.05, 3.63) is 94.5 Å². The smallest absolute Gasteiger partial charge is 0.346 e. The number of carbonyl (C=O) groups excluding carboxylic acids is 5. The second kappa shape index (κ2) is 11.2. The van der Waals surface area contributed by atoms with Crippen LogP contribution in [0.1, 0.15) is 53.9 Å². The SMILES string of the molecule is CC(=O)OCc1ccccc1.O=C(N=NC(=O)c1ccc2c(O)oc(O)c2c1)c1ccc2c(c1)C(=O)OC2=O. The Labute approximate surface area is 219 Å². The largest absolute Gasteiger partial charge is 0.480 e. The van der Waals surface area contributed by atoms with E-state index in [0.717, 1.165) is 11.6 Å². The van der Waals surface area contributed by atoms with E-state index in [0.29, 0.717) is 6.61 Å². The third-order valence-electron chi connectivity index (χ3n) is 5.33. The predicted octanol–water partition coefficient (Wildman–Crippen LogP) is 4.34. The number of amides is 2. The zero-order valence-corrected chi connectivity index (χ0v) is 20.1. The molecule has 0 saturated carbocycles. The fourth-order valence-corrected chi connectivity index (χ4v) is 3.43. The lowest BCUT2D eigenvalue weighted by molar-refractivity contribution is -0.142. The maximum atomic E-state index is 12.1. The summed E-state index contributed by atoms with van der Waals surface area (Å²) in [5.41, 5.74) is 0.907. The van der Waals surface area contributed by atoms with E-state index in [1.54, 1.807) is 0 Å². The van der Waals surface area contributed by atoms with Crippen molar-refractivity contribution in [2.75, 3.05) is 0 Å². The van der Waals surface area contributed by atoms with Crippen molar-refractivity contribution in [1.82, 2.24) is 0 Å². The number of hydrogen-bond donors (Lipinski definition) is 2. The van der Waals surface area contributed by atoms with Crippen molar-refractivity contribution >= 4 is 40.5 Å². The summed E-state index contributed by atoms with van der Waals surface area (Å²) in [6.45, 7) is 1.78. The van der Waals surface area contributed by atoms with Gasteiger partial charge in [-0.15, -0.1) is 10.2 Å². The van der Waals surface area contributed by atoms with Gasteiger partial charge in [-0.3, -0.25) is 14.4 Å². The van der Waals surface area contributed by atoms with E-state index in [9.17, 15) is 34.2 Å². The molecule has 1 aliphatic heterocycles. The van der Waals surface area contributed by atoms with Crippen LogP contribution in [0.2, 0.25) is 0 Å². The lowest BCUT2D eigenvalue weighted by atomic mass is 10.1. The molecule has 0 saturated heterocycles. The molecule has 4 aromatic rings. The molecule has 5 rings (SSSR count). The van der Waals surface area contributed by atoms with Crippen molar-refractivity contribution in [2.45, 2.75) is 13.5 Å². The molecule has 3 aromatic carbocycles. The number of nitrogens with zero attached hydrogens (tertiary/aromatic N) is 2. The molecule has 1 aromatic heterocycles. The fraction of sp³-hybridized carbons (Fsp3) is 0.0741. The van der Waals surface area contributed by atoms with Gasteiger partial charge < -0.3 is 24.1 Å². The summed E-state index contributed by atoms with van der Waals surface area (Å²) >= 11 is 0. The van der Waals surface area contributed by atoms with Crippen LogP contribution in [0.4, 0.5) is 0 Å². The molecule has 0 fully saturated rings. The van der Waals surface area contributed by atoms with Crippen LogP contribution in [-0.2, 0) is 20.9 Å². The highest BCUT2D eigenvalue weighted by molar-refractivity contribution is 6.15. The van der Waals surface area contributed by atoms with E-state index in [-0.39, 0.29) is 39.0 Å². The second-order valence-corrected chi connectivity index (χ2v) is 7.99. The van der Waals surface area contributed by atoms with E-state index in [4.69, 9.17) is 4.74 Å². The number of azo groups is 1. The van der Waals surface area contributed by atoms with Crippen molar-refractivity contribution in [3.8, 4) is 11.9 Å². The van der Waals surface area contributed by atoms with Gasteiger partial charge in [0.1, 0.15) is 6.61 Å². The van der Waals surface area contributed by atoms with E-state index in [1.807, 2.05) is 30.3 Å². The molecule has 2 N–H and O–H groups in total. The van der Waals surface area contributed by atoms with Gasteiger partial charge in [-0.1, -0.05) is 30.3 Å². The molecule has 0 radical (unpaired) electrons. The van der Waals surface area contributed by atoms with Gasteiger partial charge in [0.2, 0.25) is 0 Å². The molecule has 2 amide bonds. The van der Waals surface area contributed by atoms with Gasteiger partial charge in [0.15, 0.2) is 0 Å². The summed E-state index contributed by atoms with van der Waals surface area (Å²) in [6, 6.07) is 17.1. The lowest BCUT2D eigenvalue weighted by Crippen LogP contribution is -2.01. The van der Waals surface area contributed by atoms with Crippen LogP contribution in [0.15, 0.2) is 81.4 Å². The highest BCUT2D eigenvalue weighted by Gasteiger charge is 2.30. The minimum absolute atomic E-state index is 0.0109. The summed E-state index contributed by atoms with van der Waals surface area (Å²) in [4.78, 5) is 57.5. The number of cyclic esters (lactones) is 2. The lowest BCUT2D eigenvalue weighted by Gasteiger charge is -1.99. The molecule has 1 aliphatic rings. The average Bonchev–Trinajstić information content (AvgIpc) is 3.39. The molecule has 0 aliphatic carbocycles. The number of carbonyl (C=O) groups is 5. The normalized spacial score (nSPS) is 12.0. The van der Waals surface area contributed by atoms with Crippen molar-refractivity contribution in [1.29, 1.82) is 0 Å². The molecule has 0 spiro atoms. The number of ether oxygens (including phenoxy) is 2. The van der Waals surface area contributed by atoms with Crippen LogP contribution >= 0.6 is 0 Å². The Morgan fingerprint density at radius 3 is 2.03 bits per heavy atom. The van der Waals surface area contributed by atoms with Crippen molar-refractivity contribution < 1.29 is 48.1 Å². The van der Waals surface area contributed by atoms with Gasteiger partial charge in [-0.05, 0) is 42.0 Å². The van der Waals surface area contributed by atoms with Gasteiger partial charge in [0.05, 0.1) is 21.9 Å². The molecular formula is C27H18N2O10. The Kier molecular flexibility index (Phi) is 7.57. The highest BCUT2D eigenvalue weighted by Crippen LogP contribution is 2.36. The van der Waals surface area contributed by atoms with E-state index < -0.39 is 35.6 Å². The van der Waals surface area contributed by atoms with Gasteiger partial charge >= 0.3 is 17.9 Å². The van der Waals surface area contributed by atoms with Crippen LogP contribution in [0.3, 0.4) is 0 Å². The Bertz CT molecular complexity index is 1650. The summed E-state index contributed by atoms with van der Waals surface area (Å²) in [7, 11) is 0. The first-order chi connectivity index (χ1) is 18.6. The van der Waals surface area contributed by atoms with Crippen LogP contribution < -0.4 is 0 Å². The first kappa shape index (κ1) is 26.4. The van der Waals surface area contributed by atoms with E-state index in [1.165, 1.54) is 37.3 Å². The number of benzene rings is 3. The number of furan rings is 1. The molecule has 0 bridgehead atoms. The summed E-state index contributed by atoms with van der Waals surface area (Å²) in [5.74, 6) is -4.79. The van der Waals surface area contributed by atoms with Crippen molar-refractivity contribution in [2.24, 2.45) is 10.2 Å². The maximum absolute atomic E-state index is 12.1. The zero-order valence-electron chi connectivity index (χ0n) is 20.1. The van der Waals surface area contributed by atoms with Gasteiger partial charge in [-0.2, -0.15) is 0 Å². The van der Waals surface area contributed by atoms with Gasteiger partial charge in [0.25, 0.3) is 23.7 Å². The molecule has 12 nitrogen and oxygen atoms in total. The summed E-state index contributed by atoms with van der Waals surface area (Å²) in [5, 5.41) is 26.0. The summed E-state index contributed by atoms with van der Waals surface area (Å²) in [6.07, 6.45) is 0. The van der Waals surface area contributed by atoms with E-state index in [2.05, 4.69) is 19.4 Å². The van der Waals surface area contributed by atoms with Crippen LogP contribution in [0.25, 0.3) is 10.8 Å². The minimum atomic E-state index is -0.909. The quantitative estimate of drug-likeness (QED) is 0.219. The molecular weight excluding hydrogens is 512 g/mol. The number of hydrogen-bond acceptors (Lipinski definition) is 10. The minimum Gasteiger partial charge on any atom is -0.480 e. The Morgan fingerprint density at radius 2 is 1.36 bits per heavy atom. The number of rotatable bonds is 4. The average molecular weight is 530 g/mol. The third-order valence-corrected chi connectivity index (χ3v) is 5.33. The molecule has 0 atom stereocenters. The highest BCUT2D eigenvalue weighted by atomic mass is 16.6. The third kappa shape index (κ3) is 6.02. The predicted molar refractivity (Wildman–Crippen MR) is 131 cm³/mol. The van der Waals surface area contributed by atoms with Gasteiger partial charge in [-0.25, -0.2) is 9.59 Å². The maximum Gasteiger partial charge on any atom is 0.346 e. The fourth-order valence-electron chi connectivity index (χ4n) is 3.43.